The van der Waals surface area contributed by atoms with Gasteiger partial charge in [0.25, 0.3) is 0 Å². The molecular formula is C15H21ClFNO2S. The highest BCUT2D eigenvalue weighted by atomic mass is 35.5. The van der Waals surface area contributed by atoms with Crippen LogP contribution < -0.4 is 0 Å². The lowest BCUT2D eigenvalue weighted by Gasteiger charge is -2.35. The molecule has 2 rings (SSSR count). The minimum Gasteiger partial charge on any atom is -0.207 e. The Balaban J connectivity index is 2.32. The molecule has 118 valence electrons. The van der Waals surface area contributed by atoms with E-state index in [0.29, 0.717) is 5.92 Å². The number of benzene rings is 1. The minimum absolute atomic E-state index is 0.00764. The molecule has 0 spiro atoms. The van der Waals surface area contributed by atoms with E-state index in [1.54, 1.807) is 7.05 Å². The first-order valence-electron chi connectivity index (χ1n) is 7.20. The Morgan fingerprint density at radius 2 is 2.00 bits per heavy atom. The second kappa shape index (κ2) is 6.63. The van der Waals surface area contributed by atoms with Gasteiger partial charge in [-0.25, -0.2) is 12.8 Å². The van der Waals surface area contributed by atoms with E-state index in [1.807, 2.05) is 0 Å². The molecule has 0 heterocycles. The molecule has 0 saturated heterocycles. The van der Waals surface area contributed by atoms with Crippen LogP contribution >= 0.6 is 11.6 Å². The number of sulfonamides is 1. The highest BCUT2D eigenvalue weighted by molar-refractivity contribution is 7.89. The summed E-state index contributed by atoms with van der Waals surface area (Å²) in [7, 11) is -2.00. The summed E-state index contributed by atoms with van der Waals surface area (Å²) in [5.41, 5.74) is 0.211. The lowest BCUT2D eigenvalue weighted by Crippen LogP contribution is -2.42. The molecule has 2 unspecified atom stereocenters. The van der Waals surface area contributed by atoms with Gasteiger partial charge in [0, 0.05) is 18.7 Å². The molecule has 0 radical (unpaired) electrons. The first-order valence-corrected chi connectivity index (χ1v) is 9.18. The maximum absolute atomic E-state index is 13.5. The first kappa shape index (κ1) is 16.7. The van der Waals surface area contributed by atoms with E-state index in [9.17, 15) is 12.8 Å². The molecule has 0 amide bonds. The van der Waals surface area contributed by atoms with Crippen LogP contribution in [-0.2, 0) is 15.9 Å². The monoisotopic (exact) mass is 333 g/mol. The summed E-state index contributed by atoms with van der Waals surface area (Å²) in [6.07, 6.45) is 4.12. The molecule has 0 aliphatic heterocycles. The van der Waals surface area contributed by atoms with Crippen molar-refractivity contribution in [2.75, 3.05) is 7.05 Å². The highest BCUT2D eigenvalue weighted by Gasteiger charge is 2.33. The van der Waals surface area contributed by atoms with Crippen LogP contribution in [0.5, 0.6) is 0 Å². The van der Waals surface area contributed by atoms with Gasteiger partial charge in [-0.1, -0.05) is 19.8 Å². The number of halogens is 2. The standard InChI is InChI=1S/C15H21ClFNO2S/c1-11-5-3-4-6-15(11)18(2)21(19,20)13-7-8-14(17)12(9-13)10-16/h7-9,11,15H,3-6,10H2,1-2H3. The van der Waals surface area contributed by atoms with E-state index in [4.69, 9.17) is 11.6 Å². The van der Waals surface area contributed by atoms with Gasteiger partial charge in [-0.3, -0.25) is 0 Å². The maximum Gasteiger partial charge on any atom is 0.243 e. The van der Waals surface area contributed by atoms with Crippen molar-refractivity contribution >= 4 is 21.6 Å². The zero-order valence-corrected chi connectivity index (χ0v) is 13.9. The molecule has 6 heteroatoms. The third-order valence-corrected chi connectivity index (χ3v) is 6.54. The fraction of sp³-hybridized carbons (Fsp3) is 0.600. The van der Waals surface area contributed by atoms with Crippen LogP contribution in [0.1, 0.15) is 38.2 Å². The van der Waals surface area contributed by atoms with Crippen molar-refractivity contribution in [1.82, 2.24) is 4.31 Å². The normalized spacial score (nSPS) is 23.5. The summed E-state index contributed by atoms with van der Waals surface area (Å²) >= 11 is 5.66. The van der Waals surface area contributed by atoms with Crippen LogP contribution in [0.25, 0.3) is 0 Å². The van der Waals surface area contributed by atoms with Crippen molar-refractivity contribution in [3.63, 3.8) is 0 Å². The van der Waals surface area contributed by atoms with Crippen molar-refractivity contribution in [1.29, 1.82) is 0 Å². The summed E-state index contributed by atoms with van der Waals surface area (Å²) < 4.78 is 40.4. The van der Waals surface area contributed by atoms with Crippen LogP contribution in [0.2, 0.25) is 0 Å². The summed E-state index contributed by atoms with van der Waals surface area (Å²) in [5, 5.41) is 0. The van der Waals surface area contributed by atoms with Crippen molar-refractivity contribution in [3.05, 3.63) is 29.6 Å². The van der Waals surface area contributed by atoms with Crippen molar-refractivity contribution in [2.45, 2.75) is 49.4 Å². The van der Waals surface area contributed by atoms with E-state index in [0.717, 1.165) is 25.7 Å². The van der Waals surface area contributed by atoms with Gasteiger partial charge < -0.3 is 0 Å². The molecule has 2 atom stereocenters. The van der Waals surface area contributed by atoms with E-state index in [-0.39, 0.29) is 22.4 Å². The summed E-state index contributed by atoms with van der Waals surface area (Å²) in [6, 6.07) is 3.82. The van der Waals surface area contributed by atoms with Gasteiger partial charge in [0.05, 0.1) is 10.8 Å². The fourth-order valence-corrected chi connectivity index (χ4v) is 4.73. The smallest absolute Gasteiger partial charge is 0.207 e. The van der Waals surface area contributed by atoms with Crippen molar-refractivity contribution in [3.8, 4) is 0 Å². The molecule has 1 aromatic rings. The van der Waals surface area contributed by atoms with E-state index in [2.05, 4.69) is 6.92 Å². The second-order valence-corrected chi connectivity index (χ2v) is 8.00. The zero-order valence-electron chi connectivity index (χ0n) is 12.4. The highest BCUT2D eigenvalue weighted by Crippen LogP contribution is 2.31. The summed E-state index contributed by atoms with van der Waals surface area (Å²) in [6.45, 7) is 2.09. The third kappa shape index (κ3) is 3.41. The van der Waals surface area contributed by atoms with E-state index < -0.39 is 15.8 Å². The Bertz CT molecular complexity index is 606. The van der Waals surface area contributed by atoms with Gasteiger partial charge in [0.1, 0.15) is 5.82 Å². The number of nitrogens with zero attached hydrogens (tertiary/aromatic N) is 1. The van der Waals surface area contributed by atoms with Gasteiger partial charge in [-0.15, -0.1) is 11.6 Å². The predicted molar refractivity (Wildman–Crippen MR) is 82.3 cm³/mol. The number of hydrogen-bond donors (Lipinski definition) is 0. The quantitative estimate of drug-likeness (QED) is 0.787. The Labute approximate surface area is 131 Å². The lowest BCUT2D eigenvalue weighted by molar-refractivity contribution is 0.213. The number of hydrogen-bond acceptors (Lipinski definition) is 2. The summed E-state index contributed by atoms with van der Waals surface area (Å²) in [5.74, 6) is -0.178. The van der Waals surface area contributed by atoms with E-state index >= 15 is 0 Å². The fourth-order valence-electron chi connectivity index (χ4n) is 3.00. The van der Waals surface area contributed by atoms with Crippen LogP contribution in [0.15, 0.2) is 23.1 Å². The third-order valence-electron chi connectivity index (χ3n) is 4.37. The maximum atomic E-state index is 13.5. The average molecular weight is 334 g/mol. The van der Waals surface area contributed by atoms with Crippen molar-refractivity contribution in [2.24, 2.45) is 5.92 Å². The molecule has 0 N–H and O–H groups in total. The number of alkyl halides is 1. The van der Waals surface area contributed by atoms with E-state index in [1.165, 1.54) is 22.5 Å². The molecule has 0 bridgehead atoms. The predicted octanol–water partition coefficient (Wildman–Crippen LogP) is 3.76. The Kier molecular flexibility index (Phi) is 5.28. The number of rotatable bonds is 4. The van der Waals surface area contributed by atoms with Crippen LogP contribution in [0.3, 0.4) is 0 Å². The lowest BCUT2D eigenvalue weighted by atomic mass is 9.86. The molecule has 0 aromatic heterocycles. The van der Waals surface area contributed by atoms with Gasteiger partial charge in [0.15, 0.2) is 0 Å². The average Bonchev–Trinajstić information content (AvgIpc) is 2.47. The van der Waals surface area contributed by atoms with Crippen LogP contribution in [0.4, 0.5) is 4.39 Å². The molecular weight excluding hydrogens is 313 g/mol. The first-order chi connectivity index (χ1) is 9.87. The molecule has 21 heavy (non-hydrogen) atoms. The van der Waals surface area contributed by atoms with Crippen molar-refractivity contribution < 1.29 is 12.8 Å². The molecule has 1 aromatic carbocycles. The Morgan fingerprint density at radius 3 is 2.62 bits per heavy atom. The molecule has 1 fully saturated rings. The summed E-state index contributed by atoms with van der Waals surface area (Å²) in [4.78, 5) is 0.111. The largest absolute Gasteiger partial charge is 0.243 e. The SMILES string of the molecule is CC1CCCCC1N(C)S(=O)(=O)c1ccc(F)c(CCl)c1. The van der Waals surface area contributed by atoms with Crippen LogP contribution in [-0.4, -0.2) is 25.8 Å². The Hall–Kier alpha value is -0.650. The zero-order chi connectivity index (χ0) is 15.6. The Morgan fingerprint density at radius 1 is 1.33 bits per heavy atom. The van der Waals surface area contributed by atoms with Gasteiger partial charge in [-0.05, 0) is 37.0 Å². The molecule has 1 aliphatic carbocycles. The van der Waals surface area contributed by atoms with Gasteiger partial charge >= 0.3 is 0 Å². The minimum atomic E-state index is -3.61. The molecule has 1 aliphatic rings. The molecule has 3 nitrogen and oxygen atoms in total. The van der Waals surface area contributed by atoms with Crippen LogP contribution in [0, 0.1) is 11.7 Å². The topological polar surface area (TPSA) is 37.4 Å². The molecule has 1 saturated carbocycles. The van der Waals surface area contributed by atoms with Gasteiger partial charge in [-0.2, -0.15) is 4.31 Å². The van der Waals surface area contributed by atoms with Gasteiger partial charge in [0.2, 0.25) is 10.0 Å². The second-order valence-electron chi connectivity index (χ2n) is 5.74.